The number of phenols is 2. The van der Waals surface area contributed by atoms with Crippen molar-refractivity contribution in [1.29, 1.82) is 0 Å². The molecule has 0 aliphatic carbocycles. The molecule has 0 aliphatic rings. The van der Waals surface area contributed by atoms with Gasteiger partial charge in [-0.05, 0) is 52.2 Å². The molecule has 0 fully saturated rings. The lowest BCUT2D eigenvalue weighted by molar-refractivity contribution is 0.469. The molecule has 0 atom stereocenters. The zero-order valence-corrected chi connectivity index (χ0v) is 12.3. The third-order valence-electron chi connectivity index (χ3n) is 3.14. The molecule has 0 radical (unpaired) electrons. The van der Waals surface area contributed by atoms with Crippen LogP contribution in [-0.4, -0.2) is 15.2 Å². The van der Waals surface area contributed by atoms with Crippen LogP contribution in [0.25, 0.3) is 22.6 Å². The Kier molecular flexibility index (Phi) is 3.14. The van der Waals surface area contributed by atoms with Crippen LogP contribution in [0.5, 0.6) is 11.5 Å². The maximum atomic E-state index is 9.71. The van der Waals surface area contributed by atoms with Crippen molar-refractivity contribution in [2.75, 3.05) is 0 Å². The molecule has 20 heavy (non-hydrogen) atoms. The van der Waals surface area contributed by atoms with Gasteiger partial charge in [-0.15, -0.1) is 0 Å². The third kappa shape index (κ3) is 2.14. The van der Waals surface area contributed by atoms with Gasteiger partial charge in [0.2, 0.25) is 5.89 Å². The Morgan fingerprint density at radius 3 is 2.75 bits per heavy atom. The predicted molar refractivity (Wildman–Crippen MR) is 79.9 cm³/mol. The van der Waals surface area contributed by atoms with Gasteiger partial charge in [0.1, 0.15) is 17.0 Å². The molecule has 1 heterocycles. The monoisotopic (exact) mass is 333 g/mol. The standard InChI is InChI=1S/C15H12BrNO3/c1-2-8-5-9(3-4-13(8)19)15-17-12-7-10(18)6-11(16)14(12)20-15/h3-7,18-19H,2H2,1H3. The summed E-state index contributed by atoms with van der Waals surface area (Å²) in [7, 11) is 0. The van der Waals surface area contributed by atoms with Crippen molar-refractivity contribution in [3.05, 3.63) is 40.4 Å². The van der Waals surface area contributed by atoms with E-state index < -0.39 is 0 Å². The van der Waals surface area contributed by atoms with Crippen molar-refractivity contribution >= 4 is 27.0 Å². The lowest BCUT2D eigenvalue weighted by atomic mass is 10.1. The SMILES string of the molecule is CCc1cc(-c2nc3cc(O)cc(Br)c3o2)ccc1O. The number of rotatable bonds is 2. The Morgan fingerprint density at radius 2 is 2.00 bits per heavy atom. The Hall–Kier alpha value is -2.01. The maximum absolute atomic E-state index is 9.71. The van der Waals surface area contributed by atoms with Crippen molar-refractivity contribution < 1.29 is 14.6 Å². The maximum Gasteiger partial charge on any atom is 0.227 e. The summed E-state index contributed by atoms with van der Waals surface area (Å²) in [6.45, 7) is 1.97. The number of aromatic nitrogens is 1. The van der Waals surface area contributed by atoms with Crippen LogP contribution in [-0.2, 0) is 6.42 Å². The minimum absolute atomic E-state index is 0.129. The molecule has 0 unspecified atom stereocenters. The molecular weight excluding hydrogens is 322 g/mol. The highest BCUT2D eigenvalue weighted by Gasteiger charge is 2.13. The van der Waals surface area contributed by atoms with Crippen molar-refractivity contribution in [1.82, 2.24) is 4.98 Å². The fraction of sp³-hybridized carbons (Fsp3) is 0.133. The molecule has 5 heteroatoms. The van der Waals surface area contributed by atoms with Crippen LogP contribution in [0.2, 0.25) is 0 Å². The van der Waals surface area contributed by atoms with Crippen molar-refractivity contribution in [2.24, 2.45) is 0 Å². The second-order valence-electron chi connectivity index (χ2n) is 4.49. The summed E-state index contributed by atoms with van der Waals surface area (Å²) in [4.78, 5) is 4.37. The largest absolute Gasteiger partial charge is 0.508 e. The van der Waals surface area contributed by atoms with Gasteiger partial charge in [0, 0.05) is 11.6 Å². The second-order valence-corrected chi connectivity index (χ2v) is 5.35. The van der Waals surface area contributed by atoms with Gasteiger partial charge in [-0.25, -0.2) is 4.98 Å². The topological polar surface area (TPSA) is 66.5 Å². The van der Waals surface area contributed by atoms with E-state index in [-0.39, 0.29) is 11.5 Å². The molecule has 2 aromatic carbocycles. The van der Waals surface area contributed by atoms with E-state index in [0.717, 1.165) is 17.5 Å². The molecular formula is C15H12BrNO3. The summed E-state index contributed by atoms with van der Waals surface area (Å²) >= 11 is 3.34. The van der Waals surface area contributed by atoms with Crippen LogP contribution in [0.1, 0.15) is 12.5 Å². The van der Waals surface area contributed by atoms with Gasteiger partial charge < -0.3 is 14.6 Å². The smallest absolute Gasteiger partial charge is 0.227 e. The molecule has 0 saturated carbocycles. The Balaban J connectivity index is 2.17. The van der Waals surface area contributed by atoms with Crippen LogP contribution >= 0.6 is 15.9 Å². The lowest BCUT2D eigenvalue weighted by Crippen LogP contribution is -1.84. The zero-order chi connectivity index (χ0) is 14.3. The van der Waals surface area contributed by atoms with Crippen molar-refractivity contribution in [2.45, 2.75) is 13.3 Å². The van der Waals surface area contributed by atoms with Gasteiger partial charge in [0.15, 0.2) is 5.58 Å². The number of aryl methyl sites for hydroxylation is 1. The number of aromatic hydroxyl groups is 2. The first-order valence-corrected chi connectivity index (χ1v) is 6.99. The highest BCUT2D eigenvalue weighted by molar-refractivity contribution is 9.10. The molecule has 1 aromatic heterocycles. The number of phenolic OH excluding ortho intramolecular Hbond substituents is 2. The first-order valence-electron chi connectivity index (χ1n) is 6.20. The number of fused-ring (bicyclic) bond motifs is 1. The van der Waals surface area contributed by atoms with Gasteiger partial charge in [-0.2, -0.15) is 0 Å². The number of hydrogen-bond acceptors (Lipinski definition) is 4. The molecule has 102 valence electrons. The minimum Gasteiger partial charge on any atom is -0.508 e. The second kappa shape index (κ2) is 4.83. The first-order chi connectivity index (χ1) is 9.58. The van der Waals surface area contributed by atoms with Crippen LogP contribution in [0.4, 0.5) is 0 Å². The Bertz CT molecular complexity index is 795. The predicted octanol–water partition coefficient (Wildman–Crippen LogP) is 4.23. The van der Waals surface area contributed by atoms with E-state index in [9.17, 15) is 10.2 Å². The molecule has 0 spiro atoms. The quantitative estimate of drug-likeness (QED) is 0.736. The van der Waals surface area contributed by atoms with Gasteiger partial charge in [-0.1, -0.05) is 6.92 Å². The van der Waals surface area contributed by atoms with Gasteiger partial charge in [0.05, 0.1) is 4.47 Å². The number of hydrogen-bond donors (Lipinski definition) is 2. The molecule has 4 nitrogen and oxygen atoms in total. The van der Waals surface area contributed by atoms with E-state index in [2.05, 4.69) is 20.9 Å². The highest BCUT2D eigenvalue weighted by Crippen LogP contribution is 2.33. The number of oxazole rings is 1. The third-order valence-corrected chi connectivity index (χ3v) is 3.73. The summed E-state index contributed by atoms with van der Waals surface area (Å²) in [5, 5.41) is 19.3. The summed E-state index contributed by atoms with van der Waals surface area (Å²) < 4.78 is 6.38. The molecule has 0 saturated heterocycles. The Morgan fingerprint density at radius 1 is 1.20 bits per heavy atom. The van der Waals surface area contributed by atoms with E-state index in [1.165, 1.54) is 0 Å². The fourth-order valence-corrected chi connectivity index (χ4v) is 2.62. The van der Waals surface area contributed by atoms with E-state index in [1.807, 2.05) is 13.0 Å². The van der Waals surface area contributed by atoms with Crippen LogP contribution in [0.15, 0.2) is 39.2 Å². The molecule has 3 aromatic rings. The van der Waals surface area contributed by atoms with Crippen molar-refractivity contribution in [3.63, 3.8) is 0 Å². The molecule has 0 amide bonds. The molecule has 3 rings (SSSR count). The van der Waals surface area contributed by atoms with E-state index in [1.54, 1.807) is 24.3 Å². The normalized spacial score (nSPS) is 11.1. The summed E-state index contributed by atoms with van der Waals surface area (Å²) in [5.41, 5.74) is 2.80. The van der Waals surface area contributed by atoms with Crippen molar-refractivity contribution in [3.8, 4) is 23.0 Å². The van der Waals surface area contributed by atoms with Crippen LogP contribution < -0.4 is 0 Å². The lowest BCUT2D eigenvalue weighted by Gasteiger charge is -2.02. The molecule has 0 aliphatic heterocycles. The highest BCUT2D eigenvalue weighted by atomic mass is 79.9. The van der Waals surface area contributed by atoms with Crippen LogP contribution in [0, 0.1) is 0 Å². The molecule has 2 N–H and O–H groups in total. The van der Waals surface area contributed by atoms with E-state index in [0.29, 0.717) is 21.5 Å². The fourth-order valence-electron chi connectivity index (χ4n) is 2.10. The Labute approximate surface area is 123 Å². The van der Waals surface area contributed by atoms with Gasteiger partial charge in [0.25, 0.3) is 0 Å². The van der Waals surface area contributed by atoms with Gasteiger partial charge in [-0.3, -0.25) is 0 Å². The van der Waals surface area contributed by atoms with Crippen LogP contribution in [0.3, 0.4) is 0 Å². The average Bonchev–Trinajstić information content (AvgIpc) is 2.83. The summed E-state index contributed by atoms with van der Waals surface area (Å²) in [6.07, 6.45) is 0.727. The summed E-state index contributed by atoms with van der Waals surface area (Å²) in [5.74, 6) is 0.858. The number of benzene rings is 2. The average molecular weight is 334 g/mol. The first kappa shape index (κ1) is 13.0. The number of halogens is 1. The number of nitrogens with zero attached hydrogens (tertiary/aromatic N) is 1. The zero-order valence-electron chi connectivity index (χ0n) is 10.7. The summed E-state index contributed by atoms with van der Waals surface area (Å²) in [6, 6.07) is 8.36. The van der Waals surface area contributed by atoms with E-state index >= 15 is 0 Å². The molecule has 0 bridgehead atoms. The van der Waals surface area contributed by atoms with Gasteiger partial charge >= 0.3 is 0 Å². The minimum atomic E-state index is 0.129. The van der Waals surface area contributed by atoms with E-state index in [4.69, 9.17) is 4.42 Å².